The van der Waals surface area contributed by atoms with Crippen LogP contribution in [-0.4, -0.2) is 81.8 Å². The topological polar surface area (TPSA) is 171 Å². The van der Waals surface area contributed by atoms with Crippen LogP contribution in [0.2, 0.25) is 0 Å². The van der Waals surface area contributed by atoms with Gasteiger partial charge in [0.05, 0.1) is 14.2 Å². The zero-order valence-corrected chi connectivity index (χ0v) is 20.6. The lowest BCUT2D eigenvalue weighted by Crippen LogP contribution is -2.45. The van der Waals surface area contributed by atoms with Crippen molar-refractivity contribution in [2.24, 2.45) is 0 Å². The minimum atomic E-state index is -1.22. The summed E-state index contributed by atoms with van der Waals surface area (Å²) < 4.78 is 9.43. The molecule has 2 N–H and O–H groups in total. The fourth-order valence-corrected chi connectivity index (χ4v) is 4.50. The second-order valence-corrected chi connectivity index (χ2v) is 9.10. The van der Waals surface area contributed by atoms with E-state index in [9.17, 15) is 28.8 Å². The number of amides is 2. The summed E-state index contributed by atoms with van der Waals surface area (Å²) in [6.45, 7) is 0. The van der Waals surface area contributed by atoms with E-state index in [4.69, 9.17) is 9.47 Å². The lowest BCUT2D eigenvalue weighted by Gasteiger charge is -2.17. The van der Waals surface area contributed by atoms with Crippen LogP contribution in [0.4, 0.5) is 0 Å². The maximum absolute atomic E-state index is 12.8. The lowest BCUT2D eigenvalue weighted by molar-refractivity contribution is -0.143. The molecular weight excluding hydrogens is 512 g/mol. The van der Waals surface area contributed by atoms with E-state index in [0.29, 0.717) is 23.5 Å². The molecule has 0 radical (unpaired) electrons. The molecule has 0 aliphatic carbocycles. The van der Waals surface area contributed by atoms with Crippen LogP contribution in [0.1, 0.15) is 42.0 Å². The molecule has 2 aromatic heterocycles. The first-order valence-corrected chi connectivity index (χ1v) is 12.3. The molecule has 12 nitrogen and oxygen atoms in total. The van der Waals surface area contributed by atoms with Crippen LogP contribution in [0.25, 0.3) is 0 Å². The van der Waals surface area contributed by atoms with Crippen molar-refractivity contribution in [3.63, 3.8) is 0 Å². The third kappa shape index (κ3) is 6.66. The molecule has 36 heavy (non-hydrogen) atoms. The minimum absolute atomic E-state index is 0.0466. The molecule has 1 aliphatic heterocycles. The molecule has 0 saturated carbocycles. The Hall–Kier alpha value is -3.78. The highest BCUT2D eigenvalue weighted by Gasteiger charge is 2.28. The van der Waals surface area contributed by atoms with Crippen molar-refractivity contribution in [3.05, 3.63) is 59.2 Å². The number of nitrogens with zero attached hydrogens (tertiary/aromatic N) is 2. The van der Waals surface area contributed by atoms with Crippen molar-refractivity contribution in [3.8, 4) is 0 Å². The smallest absolute Gasteiger partial charge is 0.329 e. The monoisotopic (exact) mass is 532 g/mol. The molecule has 0 spiro atoms. The number of nitrogens with one attached hydrogen (secondary N) is 2. The Labute approximate surface area is 213 Å². The molecule has 3 heterocycles. The minimum Gasteiger partial charge on any atom is -0.467 e. The van der Waals surface area contributed by atoms with E-state index < -0.39 is 46.1 Å². The normalized spacial score (nSPS) is 19.3. The van der Waals surface area contributed by atoms with Crippen molar-refractivity contribution < 1.29 is 38.2 Å². The van der Waals surface area contributed by atoms with Gasteiger partial charge in [-0.25, -0.2) is 19.6 Å². The zero-order chi connectivity index (χ0) is 26.2. The first-order valence-electron chi connectivity index (χ1n) is 10.3. The molecule has 188 valence electrons. The summed E-state index contributed by atoms with van der Waals surface area (Å²) >= 11 is 1.40. The summed E-state index contributed by atoms with van der Waals surface area (Å²) in [6, 6.07) is 5.84. The Morgan fingerprint density at radius 3 is 1.47 bits per heavy atom. The van der Waals surface area contributed by atoms with Gasteiger partial charge in [-0.3, -0.25) is 19.2 Å². The van der Waals surface area contributed by atoms with Crippen molar-refractivity contribution in [1.82, 2.24) is 20.6 Å². The third-order valence-corrected chi connectivity index (χ3v) is 6.67. The maximum Gasteiger partial charge on any atom is 0.329 e. The summed E-state index contributed by atoms with van der Waals surface area (Å²) in [5.74, 6) is -3.57. The molecular formula is C22H20N4O8S2. The maximum atomic E-state index is 12.8. The van der Waals surface area contributed by atoms with Crippen LogP contribution in [0.5, 0.6) is 0 Å². The number of fused-ring (bicyclic) bond motifs is 4. The van der Waals surface area contributed by atoms with E-state index in [-0.39, 0.29) is 34.3 Å². The van der Waals surface area contributed by atoms with E-state index >= 15 is 0 Å². The van der Waals surface area contributed by atoms with Gasteiger partial charge in [0, 0.05) is 11.5 Å². The van der Waals surface area contributed by atoms with Crippen LogP contribution < -0.4 is 10.6 Å². The Morgan fingerprint density at radius 1 is 0.722 bits per heavy atom. The van der Waals surface area contributed by atoms with Crippen LogP contribution in [0.3, 0.4) is 0 Å². The zero-order valence-electron chi connectivity index (χ0n) is 19.0. The molecule has 3 rings (SSSR count). The van der Waals surface area contributed by atoms with E-state index in [1.54, 1.807) is 0 Å². The van der Waals surface area contributed by atoms with Gasteiger partial charge in [-0.1, -0.05) is 35.7 Å². The molecule has 2 amide bonds. The number of thioether (sulfide) groups is 2. The number of aromatic nitrogens is 2. The molecule has 2 atom stereocenters. The second kappa shape index (κ2) is 12.3. The van der Waals surface area contributed by atoms with Gasteiger partial charge in [0.25, 0.3) is 11.8 Å². The fraction of sp³-hybridized carbons (Fsp3) is 0.273. The fourth-order valence-electron chi connectivity index (χ4n) is 2.90. The summed E-state index contributed by atoms with van der Waals surface area (Å²) in [5.41, 5.74) is -0.477. The molecule has 14 heteroatoms. The van der Waals surface area contributed by atoms with Gasteiger partial charge < -0.3 is 20.1 Å². The predicted octanol–water partition coefficient (Wildman–Crippen LogP) is 0.480. The van der Waals surface area contributed by atoms with Gasteiger partial charge in [-0.05, 0) is 24.3 Å². The van der Waals surface area contributed by atoms with Crippen molar-refractivity contribution >= 4 is 57.5 Å². The quantitative estimate of drug-likeness (QED) is 0.514. The number of pyridine rings is 2. The molecule has 0 aromatic carbocycles. The highest BCUT2D eigenvalue weighted by Crippen LogP contribution is 2.17. The number of methoxy groups -OCH3 is 2. The average molecular weight is 533 g/mol. The highest BCUT2D eigenvalue weighted by atomic mass is 32.2. The SMILES string of the molecule is COC(=O)[C@H]1CSC(=O)c2cccc(n2)C(=O)SC[C@H](C(=O)OC)NC(=O)c2cccc(n2)C(=O)N1. The van der Waals surface area contributed by atoms with E-state index in [2.05, 4.69) is 20.6 Å². The van der Waals surface area contributed by atoms with E-state index in [1.165, 1.54) is 36.4 Å². The van der Waals surface area contributed by atoms with Crippen LogP contribution in [-0.2, 0) is 19.1 Å². The Balaban J connectivity index is 1.99. The average Bonchev–Trinajstić information content (AvgIpc) is 2.91. The van der Waals surface area contributed by atoms with Gasteiger partial charge in [0.1, 0.15) is 34.9 Å². The number of carbonyl (C=O) groups excluding carboxylic acids is 6. The van der Waals surface area contributed by atoms with Gasteiger partial charge >= 0.3 is 11.9 Å². The van der Waals surface area contributed by atoms with Gasteiger partial charge in [-0.2, -0.15) is 0 Å². The van der Waals surface area contributed by atoms with Crippen LogP contribution in [0, 0.1) is 0 Å². The van der Waals surface area contributed by atoms with Crippen LogP contribution >= 0.6 is 23.5 Å². The number of esters is 2. The van der Waals surface area contributed by atoms with E-state index in [1.807, 2.05) is 0 Å². The molecule has 1 aliphatic rings. The highest BCUT2D eigenvalue weighted by molar-refractivity contribution is 8.14. The molecule has 0 saturated heterocycles. The van der Waals surface area contributed by atoms with Crippen LogP contribution in [0.15, 0.2) is 36.4 Å². The van der Waals surface area contributed by atoms with Gasteiger partial charge in [0.2, 0.25) is 10.2 Å². The lowest BCUT2D eigenvalue weighted by atomic mass is 10.2. The number of rotatable bonds is 2. The summed E-state index contributed by atoms with van der Waals surface area (Å²) in [6.07, 6.45) is 0. The van der Waals surface area contributed by atoms with Crippen molar-refractivity contribution in [2.45, 2.75) is 12.1 Å². The molecule has 4 bridgehead atoms. The number of hydrogen-bond donors (Lipinski definition) is 2. The Kier molecular flexibility index (Phi) is 9.13. The van der Waals surface area contributed by atoms with E-state index in [0.717, 1.165) is 14.2 Å². The third-order valence-electron chi connectivity index (χ3n) is 4.73. The van der Waals surface area contributed by atoms with Crippen molar-refractivity contribution in [1.29, 1.82) is 0 Å². The standard InChI is InChI=1S/C22H20N4O8S2/c1-33-19(29)15-9-35-21(31)13-7-4-8-14(24-13)22(32)36-10-16(20(30)34-2)26-18(28)12-6-3-5-11(23-12)17(27)25-15/h3-8,15-16H,9-10H2,1-2H3,(H,25,27)(H,26,28)/t15-,16-/m1/s1. The Morgan fingerprint density at radius 2 is 1.08 bits per heavy atom. The summed E-state index contributed by atoms with van der Waals surface area (Å²) in [4.78, 5) is 83.3. The largest absolute Gasteiger partial charge is 0.467 e. The van der Waals surface area contributed by atoms with Gasteiger partial charge in [0.15, 0.2) is 0 Å². The van der Waals surface area contributed by atoms with Gasteiger partial charge in [-0.15, -0.1) is 0 Å². The number of hydrogen-bond acceptors (Lipinski definition) is 12. The second-order valence-electron chi connectivity index (χ2n) is 7.11. The molecule has 0 unspecified atom stereocenters. The first kappa shape index (κ1) is 26.8. The Bertz CT molecular complexity index is 1140. The van der Waals surface area contributed by atoms with Crippen molar-refractivity contribution in [2.75, 3.05) is 25.7 Å². The molecule has 0 fully saturated rings. The molecule has 2 aromatic rings. The number of carbonyl (C=O) groups is 6. The summed E-state index contributed by atoms with van der Waals surface area (Å²) in [7, 11) is 2.25. The predicted molar refractivity (Wildman–Crippen MR) is 129 cm³/mol. The summed E-state index contributed by atoms with van der Waals surface area (Å²) in [5, 5.41) is 3.78. The first-order chi connectivity index (χ1) is 17.2. The number of ether oxygens (including phenoxy) is 2.